The predicted octanol–water partition coefficient (Wildman–Crippen LogP) is 6.52. The molecule has 0 fully saturated rings. The molecule has 2 N–H and O–H groups in total. The molecule has 3 aromatic rings. The second kappa shape index (κ2) is 8.44. The van der Waals surface area contributed by atoms with Gasteiger partial charge in [-0.3, -0.25) is 4.79 Å². The molecule has 0 saturated carbocycles. The van der Waals surface area contributed by atoms with E-state index >= 15 is 0 Å². The molecule has 0 atom stereocenters. The number of urea groups is 1. The van der Waals surface area contributed by atoms with Crippen LogP contribution in [0.2, 0.25) is 15.1 Å². The van der Waals surface area contributed by atoms with Gasteiger partial charge in [0.15, 0.2) is 5.78 Å². The highest BCUT2D eigenvalue weighted by Crippen LogP contribution is 2.26. The molecular formula is C20H13Cl3N2O2. The van der Waals surface area contributed by atoms with Crippen LogP contribution in [0.1, 0.15) is 15.9 Å². The Labute approximate surface area is 171 Å². The minimum absolute atomic E-state index is 0.247. The zero-order valence-electron chi connectivity index (χ0n) is 13.8. The molecule has 3 rings (SSSR count). The van der Waals surface area contributed by atoms with E-state index in [1.807, 2.05) is 6.07 Å². The summed E-state index contributed by atoms with van der Waals surface area (Å²) in [6, 6.07) is 17.6. The second-order valence-corrected chi connectivity index (χ2v) is 6.84. The van der Waals surface area contributed by atoms with Gasteiger partial charge in [-0.05, 0) is 36.4 Å². The van der Waals surface area contributed by atoms with Gasteiger partial charge in [0, 0.05) is 21.8 Å². The van der Waals surface area contributed by atoms with Crippen molar-refractivity contribution >= 4 is 58.0 Å². The van der Waals surface area contributed by atoms with E-state index in [1.165, 1.54) is 12.1 Å². The fraction of sp³-hybridized carbons (Fsp3) is 0. The summed E-state index contributed by atoms with van der Waals surface area (Å²) in [4.78, 5) is 25.1. The van der Waals surface area contributed by atoms with Crippen molar-refractivity contribution in [2.45, 2.75) is 0 Å². The van der Waals surface area contributed by atoms with Gasteiger partial charge in [0.05, 0.1) is 15.7 Å². The van der Waals surface area contributed by atoms with Gasteiger partial charge < -0.3 is 10.6 Å². The van der Waals surface area contributed by atoms with Crippen molar-refractivity contribution in [3.63, 3.8) is 0 Å². The highest BCUT2D eigenvalue weighted by molar-refractivity contribution is 6.42. The first-order valence-electron chi connectivity index (χ1n) is 7.86. The summed E-state index contributed by atoms with van der Waals surface area (Å²) in [5.41, 5.74) is 1.59. The molecule has 0 aliphatic heterocycles. The van der Waals surface area contributed by atoms with Crippen molar-refractivity contribution in [2.75, 3.05) is 10.6 Å². The minimum Gasteiger partial charge on any atom is -0.308 e. The molecule has 0 heterocycles. The van der Waals surface area contributed by atoms with Gasteiger partial charge in [-0.2, -0.15) is 0 Å². The molecule has 7 heteroatoms. The zero-order valence-corrected chi connectivity index (χ0v) is 16.1. The Morgan fingerprint density at radius 2 is 1.48 bits per heavy atom. The van der Waals surface area contributed by atoms with Gasteiger partial charge in [-0.15, -0.1) is 0 Å². The van der Waals surface area contributed by atoms with Gasteiger partial charge in [0.25, 0.3) is 0 Å². The number of rotatable bonds is 4. The maximum Gasteiger partial charge on any atom is 0.323 e. The molecule has 0 saturated heterocycles. The van der Waals surface area contributed by atoms with E-state index in [0.29, 0.717) is 32.0 Å². The van der Waals surface area contributed by atoms with Crippen LogP contribution >= 0.6 is 34.8 Å². The Kier molecular flexibility index (Phi) is 6.01. The lowest BCUT2D eigenvalue weighted by atomic mass is 10.0. The fourth-order valence-corrected chi connectivity index (χ4v) is 2.89. The largest absolute Gasteiger partial charge is 0.323 e. The summed E-state index contributed by atoms with van der Waals surface area (Å²) in [5.74, 6) is -0.247. The van der Waals surface area contributed by atoms with Crippen LogP contribution in [0.25, 0.3) is 0 Å². The first-order valence-corrected chi connectivity index (χ1v) is 9.00. The molecule has 0 aliphatic rings. The van der Waals surface area contributed by atoms with Crippen LogP contribution in [0.15, 0.2) is 66.7 Å². The second-order valence-electron chi connectivity index (χ2n) is 5.59. The lowest BCUT2D eigenvalue weighted by Crippen LogP contribution is -2.21. The molecule has 0 unspecified atom stereocenters. The Balaban J connectivity index is 1.83. The standard InChI is InChI=1S/C20H13Cl3N2O2/c21-13-6-9-18(15(10-13)19(26)12-4-2-1-3-5-12)25-20(27)24-14-7-8-16(22)17(23)11-14/h1-11H,(H2,24,25,27). The Hall–Kier alpha value is -2.53. The van der Waals surface area contributed by atoms with Crippen molar-refractivity contribution in [1.29, 1.82) is 0 Å². The number of anilines is 2. The summed E-state index contributed by atoms with van der Waals surface area (Å²) in [5, 5.41) is 6.41. The van der Waals surface area contributed by atoms with Crippen molar-refractivity contribution in [1.82, 2.24) is 0 Å². The van der Waals surface area contributed by atoms with E-state index < -0.39 is 6.03 Å². The average Bonchev–Trinajstić information content (AvgIpc) is 2.66. The van der Waals surface area contributed by atoms with E-state index in [4.69, 9.17) is 34.8 Å². The maximum atomic E-state index is 12.8. The zero-order chi connectivity index (χ0) is 19.4. The summed E-state index contributed by atoms with van der Waals surface area (Å²) < 4.78 is 0. The number of hydrogen-bond acceptors (Lipinski definition) is 2. The van der Waals surface area contributed by atoms with Gasteiger partial charge in [0.2, 0.25) is 0 Å². The normalized spacial score (nSPS) is 10.3. The number of benzene rings is 3. The van der Waals surface area contributed by atoms with Crippen LogP contribution in [0.5, 0.6) is 0 Å². The third-order valence-corrected chi connectivity index (χ3v) is 4.66. The third-order valence-electron chi connectivity index (χ3n) is 3.69. The quantitative estimate of drug-likeness (QED) is 0.473. The Bertz CT molecular complexity index is 1010. The Morgan fingerprint density at radius 3 is 2.19 bits per heavy atom. The number of halogens is 3. The van der Waals surface area contributed by atoms with Crippen molar-refractivity contribution < 1.29 is 9.59 Å². The molecule has 0 radical (unpaired) electrons. The van der Waals surface area contributed by atoms with Gasteiger partial charge in [-0.1, -0.05) is 65.1 Å². The van der Waals surface area contributed by atoms with Crippen molar-refractivity contribution in [3.8, 4) is 0 Å². The highest BCUT2D eigenvalue weighted by atomic mass is 35.5. The number of carbonyl (C=O) groups is 2. The van der Waals surface area contributed by atoms with Crippen molar-refractivity contribution in [2.24, 2.45) is 0 Å². The average molecular weight is 420 g/mol. The summed E-state index contributed by atoms with van der Waals surface area (Å²) in [7, 11) is 0. The number of ketones is 1. The van der Waals surface area contributed by atoms with E-state index in [-0.39, 0.29) is 11.3 Å². The van der Waals surface area contributed by atoms with E-state index in [1.54, 1.807) is 48.5 Å². The number of carbonyl (C=O) groups excluding carboxylic acids is 2. The first kappa shape index (κ1) is 19.2. The van der Waals surface area contributed by atoms with Crippen molar-refractivity contribution in [3.05, 3.63) is 92.9 Å². The maximum absolute atomic E-state index is 12.8. The van der Waals surface area contributed by atoms with Gasteiger partial charge in [0.1, 0.15) is 0 Å². The minimum atomic E-state index is -0.530. The van der Waals surface area contributed by atoms with Crippen LogP contribution in [0, 0.1) is 0 Å². The first-order chi connectivity index (χ1) is 12.9. The lowest BCUT2D eigenvalue weighted by molar-refractivity contribution is 0.103. The van der Waals surface area contributed by atoms with E-state index in [2.05, 4.69) is 10.6 Å². The SMILES string of the molecule is O=C(Nc1ccc(Cl)c(Cl)c1)Nc1ccc(Cl)cc1C(=O)c1ccccc1. The van der Waals surface area contributed by atoms with Gasteiger partial charge in [-0.25, -0.2) is 4.79 Å². The summed E-state index contributed by atoms with van der Waals surface area (Å²) in [6.45, 7) is 0. The molecule has 0 spiro atoms. The van der Waals surface area contributed by atoms with Crippen LogP contribution in [0.3, 0.4) is 0 Å². The summed E-state index contributed by atoms with van der Waals surface area (Å²) in [6.07, 6.45) is 0. The van der Waals surface area contributed by atoms with Crippen LogP contribution in [0.4, 0.5) is 16.2 Å². The number of amides is 2. The molecule has 0 aromatic heterocycles. The van der Waals surface area contributed by atoms with Crippen LogP contribution in [-0.4, -0.2) is 11.8 Å². The van der Waals surface area contributed by atoms with E-state index in [9.17, 15) is 9.59 Å². The predicted molar refractivity (Wildman–Crippen MR) is 110 cm³/mol. The molecule has 3 aromatic carbocycles. The third kappa shape index (κ3) is 4.80. The molecule has 0 bridgehead atoms. The number of nitrogens with one attached hydrogen (secondary N) is 2. The molecule has 136 valence electrons. The topological polar surface area (TPSA) is 58.2 Å². The highest BCUT2D eigenvalue weighted by Gasteiger charge is 2.16. The Morgan fingerprint density at radius 1 is 0.741 bits per heavy atom. The van der Waals surface area contributed by atoms with E-state index in [0.717, 1.165) is 0 Å². The van der Waals surface area contributed by atoms with Gasteiger partial charge >= 0.3 is 6.03 Å². The molecule has 0 aliphatic carbocycles. The monoisotopic (exact) mass is 418 g/mol. The van der Waals surface area contributed by atoms with Crippen LogP contribution in [-0.2, 0) is 0 Å². The smallest absolute Gasteiger partial charge is 0.308 e. The summed E-state index contributed by atoms with van der Waals surface area (Å²) >= 11 is 17.9. The molecule has 2 amide bonds. The molecular weight excluding hydrogens is 407 g/mol. The fourth-order valence-electron chi connectivity index (χ4n) is 2.42. The number of hydrogen-bond donors (Lipinski definition) is 2. The molecule has 4 nitrogen and oxygen atoms in total. The lowest BCUT2D eigenvalue weighted by Gasteiger charge is -2.12. The molecule has 27 heavy (non-hydrogen) atoms. The van der Waals surface area contributed by atoms with Crippen LogP contribution < -0.4 is 10.6 Å².